The van der Waals surface area contributed by atoms with Crippen molar-refractivity contribution in [1.29, 1.82) is 0 Å². The van der Waals surface area contributed by atoms with E-state index in [9.17, 15) is 18.3 Å². The average molecular weight is 530 g/mol. The molecule has 36 heavy (non-hydrogen) atoms. The number of carboxylic acids is 1. The number of halogens is 1. The molecule has 1 aromatic heterocycles. The van der Waals surface area contributed by atoms with E-state index in [0.29, 0.717) is 21.7 Å². The number of nitrogens with zero attached hydrogens (tertiary/aromatic N) is 5. The molecule has 0 spiro atoms. The fourth-order valence-electron chi connectivity index (χ4n) is 3.90. The van der Waals surface area contributed by atoms with E-state index in [0.717, 1.165) is 11.1 Å². The van der Waals surface area contributed by atoms with Crippen LogP contribution in [-0.4, -0.2) is 52.1 Å². The molecule has 190 valence electrons. The van der Waals surface area contributed by atoms with Gasteiger partial charge in [0.05, 0.1) is 16.8 Å². The number of benzene rings is 2. The van der Waals surface area contributed by atoms with Crippen LogP contribution in [0.25, 0.3) is 11.0 Å². The van der Waals surface area contributed by atoms with Gasteiger partial charge in [0.15, 0.2) is 0 Å². The summed E-state index contributed by atoms with van der Waals surface area (Å²) in [6.45, 7) is 6.83. The summed E-state index contributed by atoms with van der Waals surface area (Å²) in [5.41, 5.74) is 3.54. The van der Waals surface area contributed by atoms with Crippen LogP contribution in [0.2, 0.25) is 5.02 Å². The molecule has 1 atom stereocenters. The number of allylic oxidation sites excluding steroid dienone is 3. The van der Waals surface area contributed by atoms with Crippen molar-refractivity contribution < 1.29 is 18.3 Å². The monoisotopic (exact) mass is 529 g/mol. The molecule has 0 radical (unpaired) electrons. The molecular weight excluding hydrogens is 502 g/mol. The summed E-state index contributed by atoms with van der Waals surface area (Å²) in [6, 6.07) is 10.7. The van der Waals surface area contributed by atoms with E-state index in [4.69, 9.17) is 11.6 Å². The summed E-state index contributed by atoms with van der Waals surface area (Å²) < 4.78 is 29.2. The van der Waals surface area contributed by atoms with E-state index in [1.165, 1.54) is 29.6 Å². The molecule has 2 aromatic carbocycles. The smallest absolute Gasteiger partial charge is 0.304 e. The van der Waals surface area contributed by atoms with Crippen LogP contribution >= 0.6 is 11.6 Å². The summed E-state index contributed by atoms with van der Waals surface area (Å²) in [7, 11) is -1.98. The number of carbonyl (C=O) groups is 1. The predicted molar refractivity (Wildman–Crippen MR) is 142 cm³/mol. The Balaban J connectivity index is 2.00. The number of aliphatic carboxylic acids is 1. The van der Waals surface area contributed by atoms with Crippen molar-refractivity contribution in [3.63, 3.8) is 0 Å². The van der Waals surface area contributed by atoms with E-state index in [1.54, 1.807) is 36.9 Å². The fraction of sp³-hybridized carbons (Fsp3) is 0.280. The van der Waals surface area contributed by atoms with Crippen LogP contribution in [0.15, 0.2) is 64.6 Å². The molecule has 3 aromatic rings. The topological polar surface area (TPSA) is 118 Å². The quantitative estimate of drug-likeness (QED) is 0.288. The maximum absolute atomic E-state index is 13.1. The van der Waals surface area contributed by atoms with E-state index in [-0.39, 0.29) is 24.4 Å². The highest BCUT2D eigenvalue weighted by Gasteiger charge is 2.25. The molecule has 11 heteroatoms. The number of hydrogen-bond donors (Lipinski definition) is 1. The molecule has 0 fully saturated rings. The molecule has 3 rings (SSSR count). The van der Waals surface area contributed by atoms with Gasteiger partial charge >= 0.3 is 5.97 Å². The van der Waals surface area contributed by atoms with Gasteiger partial charge in [0.2, 0.25) is 10.0 Å². The molecule has 0 bridgehead atoms. The second-order valence-electron chi connectivity index (χ2n) is 8.20. The van der Waals surface area contributed by atoms with Gasteiger partial charge in [-0.2, -0.15) is 4.31 Å². The van der Waals surface area contributed by atoms with Gasteiger partial charge in [-0.05, 0) is 60.7 Å². The van der Waals surface area contributed by atoms with Crippen LogP contribution in [0.3, 0.4) is 0 Å². The number of carboxylic acid groups (broad SMARTS) is 1. The third-order valence-electron chi connectivity index (χ3n) is 5.86. The minimum atomic E-state index is -3.76. The second kappa shape index (κ2) is 11.6. The lowest BCUT2D eigenvalue weighted by Crippen LogP contribution is -2.31. The summed E-state index contributed by atoms with van der Waals surface area (Å²) in [4.78, 5) is 15.5. The molecule has 0 saturated carbocycles. The molecule has 0 aliphatic rings. The lowest BCUT2D eigenvalue weighted by atomic mass is 9.87. The van der Waals surface area contributed by atoms with Gasteiger partial charge in [-0.1, -0.05) is 41.9 Å². The highest BCUT2D eigenvalue weighted by atomic mass is 35.5. The molecule has 0 aliphatic heterocycles. The van der Waals surface area contributed by atoms with Gasteiger partial charge in [-0.3, -0.25) is 9.79 Å². The Bertz CT molecular complexity index is 1450. The third kappa shape index (κ3) is 6.07. The Morgan fingerprint density at radius 3 is 2.64 bits per heavy atom. The van der Waals surface area contributed by atoms with Crippen molar-refractivity contribution in [2.75, 3.05) is 6.54 Å². The zero-order chi connectivity index (χ0) is 26.5. The summed E-state index contributed by atoms with van der Waals surface area (Å²) in [6.07, 6.45) is 4.20. The average Bonchev–Trinajstić information content (AvgIpc) is 3.21. The zero-order valence-electron chi connectivity index (χ0n) is 20.3. The molecular formula is C25H28ClN5O4S. The molecule has 1 unspecified atom stereocenters. The first-order chi connectivity index (χ1) is 17.1. The zero-order valence-corrected chi connectivity index (χ0v) is 21.9. The van der Waals surface area contributed by atoms with Crippen molar-refractivity contribution in [3.05, 3.63) is 81.4 Å². The van der Waals surface area contributed by atoms with E-state index in [2.05, 4.69) is 22.0 Å². The van der Waals surface area contributed by atoms with Crippen molar-refractivity contribution >= 4 is 45.3 Å². The van der Waals surface area contributed by atoms with Gasteiger partial charge in [0, 0.05) is 37.3 Å². The third-order valence-corrected chi connectivity index (χ3v) is 8.24. The molecule has 0 aliphatic carbocycles. The van der Waals surface area contributed by atoms with Gasteiger partial charge in [0.25, 0.3) is 0 Å². The Morgan fingerprint density at radius 1 is 1.28 bits per heavy atom. The lowest BCUT2D eigenvalue weighted by Gasteiger charge is -2.23. The molecule has 0 amide bonds. The summed E-state index contributed by atoms with van der Waals surface area (Å²) in [5, 5.41) is 18.2. The van der Waals surface area contributed by atoms with Crippen molar-refractivity contribution in [2.24, 2.45) is 12.0 Å². The van der Waals surface area contributed by atoms with Crippen LogP contribution < -0.4 is 0 Å². The van der Waals surface area contributed by atoms with Crippen LogP contribution in [0.5, 0.6) is 0 Å². The number of sulfonamides is 1. The first-order valence-corrected chi connectivity index (χ1v) is 13.0. The van der Waals surface area contributed by atoms with Crippen molar-refractivity contribution in [2.45, 2.75) is 32.7 Å². The summed E-state index contributed by atoms with van der Waals surface area (Å²) >= 11 is 6.46. The summed E-state index contributed by atoms with van der Waals surface area (Å²) in [5.74, 6) is -1.45. The minimum Gasteiger partial charge on any atom is -0.481 e. The SMILES string of the molecule is C=N/C=C\C=C(/C)S(=O)(=O)N(CC)Cc1cc(C(CC(=O)O)c2ccc3c(c2)nnn3C)ccc1Cl. The Hall–Kier alpha value is -3.34. The first-order valence-electron chi connectivity index (χ1n) is 11.2. The number of hydrogen-bond acceptors (Lipinski definition) is 6. The number of aryl methyl sites for hydroxylation is 1. The second-order valence-corrected chi connectivity index (χ2v) is 10.7. The van der Waals surface area contributed by atoms with Crippen molar-refractivity contribution in [1.82, 2.24) is 19.3 Å². The number of fused-ring (bicyclic) bond motifs is 1. The maximum atomic E-state index is 13.1. The van der Waals surface area contributed by atoms with E-state index < -0.39 is 21.9 Å². The molecule has 0 saturated heterocycles. The standard InChI is InChI=1S/C25H28ClN5O4S/c1-5-31(36(34,35)17(2)7-6-12-27-3)16-20-13-18(8-10-22(20)26)21(15-25(32)33)19-9-11-24-23(14-19)28-29-30(24)4/h6-14,21H,3,5,15-16H2,1-2,4H3,(H,32,33)/b12-6-,17-7+. The fourth-order valence-corrected chi connectivity index (χ4v) is 5.38. The van der Waals surface area contributed by atoms with E-state index in [1.807, 2.05) is 18.2 Å². The molecule has 1 N–H and O–H groups in total. The van der Waals surface area contributed by atoms with Crippen LogP contribution in [0.4, 0.5) is 0 Å². The predicted octanol–water partition coefficient (Wildman–Crippen LogP) is 4.50. The van der Waals surface area contributed by atoms with E-state index >= 15 is 0 Å². The van der Waals surface area contributed by atoms with Crippen molar-refractivity contribution in [3.8, 4) is 0 Å². The van der Waals surface area contributed by atoms with Gasteiger partial charge in [-0.25, -0.2) is 13.1 Å². The Labute approximate surface area is 215 Å². The first kappa shape index (κ1) is 27.3. The Kier molecular flexibility index (Phi) is 8.78. The van der Waals surface area contributed by atoms with Gasteiger partial charge < -0.3 is 5.11 Å². The highest BCUT2D eigenvalue weighted by Crippen LogP contribution is 2.33. The number of aromatic nitrogens is 3. The number of aliphatic imine (C=N–C) groups is 1. The largest absolute Gasteiger partial charge is 0.481 e. The lowest BCUT2D eigenvalue weighted by molar-refractivity contribution is -0.137. The molecule has 9 nitrogen and oxygen atoms in total. The molecule has 1 heterocycles. The van der Waals surface area contributed by atoms with Gasteiger partial charge in [-0.15, -0.1) is 5.10 Å². The minimum absolute atomic E-state index is 0.0308. The van der Waals surface area contributed by atoms with Gasteiger partial charge in [0.1, 0.15) is 5.52 Å². The normalized spacial score (nSPS) is 13.5. The maximum Gasteiger partial charge on any atom is 0.304 e. The highest BCUT2D eigenvalue weighted by molar-refractivity contribution is 7.92. The van der Waals surface area contributed by atoms with Crippen LogP contribution in [0, 0.1) is 0 Å². The van der Waals surface area contributed by atoms with Crippen LogP contribution in [-0.2, 0) is 28.4 Å². The van der Waals surface area contributed by atoms with Crippen LogP contribution in [0.1, 0.15) is 42.9 Å². The number of rotatable bonds is 11. The Morgan fingerprint density at radius 2 is 1.97 bits per heavy atom.